The van der Waals surface area contributed by atoms with Crippen molar-refractivity contribution < 1.29 is 24.0 Å². The van der Waals surface area contributed by atoms with Gasteiger partial charge in [-0.25, -0.2) is 9.59 Å². The molecule has 0 atom stereocenters. The average Bonchev–Trinajstić information content (AvgIpc) is 2.40. The molecule has 21 heavy (non-hydrogen) atoms. The van der Waals surface area contributed by atoms with E-state index >= 15 is 0 Å². The summed E-state index contributed by atoms with van der Waals surface area (Å²) in [5.41, 5.74) is -0.969. The molecular weight excluding hydrogens is 348 g/mol. The molecule has 0 saturated carbocycles. The summed E-state index contributed by atoms with van der Waals surface area (Å²) in [5, 5.41) is 11.1. The summed E-state index contributed by atoms with van der Waals surface area (Å²) in [4.78, 5) is 45.5. The molecule has 0 saturated heterocycles. The van der Waals surface area contributed by atoms with Crippen LogP contribution in [-0.4, -0.2) is 41.2 Å². The first kappa shape index (κ1) is 16.8. The number of hydrogen-bond donors (Lipinski definition) is 0. The number of esters is 1. The van der Waals surface area contributed by atoms with Gasteiger partial charge in [-0.15, -0.1) is 0 Å². The summed E-state index contributed by atoms with van der Waals surface area (Å²) in [6, 6.07) is 0. The Labute approximate surface area is 128 Å². The number of nitrogens with zero attached hydrogens (tertiary/aromatic N) is 2. The zero-order chi connectivity index (χ0) is 16.2. The van der Waals surface area contributed by atoms with E-state index in [1.807, 2.05) is 0 Å². The molecule has 0 radical (unpaired) electrons. The van der Waals surface area contributed by atoms with Gasteiger partial charge < -0.3 is 9.64 Å². The van der Waals surface area contributed by atoms with Crippen LogP contribution in [0.25, 0.3) is 0 Å². The molecule has 1 aliphatic rings. The maximum Gasteiger partial charge on any atom is 0.374 e. The maximum atomic E-state index is 11.7. The Morgan fingerprint density at radius 3 is 2.62 bits per heavy atom. The molecule has 0 spiro atoms. The second-order valence-corrected chi connectivity index (χ2v) is 4.80. The van der Waals surface area contributed by atoms with E-state index in [0.717, 1.165) is 0 Å². The average molecular weight is 359 g/mol. The fraction of sp³-hybridized carbons (Fsp3) is 0.333. The number of carbonyl (C=O) groups is 2. The first-order chi connectivity index (χ1) is 9.83. The molecule has 0 aromatic heterocycles. The van der Waals surface area contributed by atoms with Crippen molar-refractivity contribution in [3.05, 3.63) is 37.8 Å². The zero-order valence-electron chi connectivity index (χ0n) is 11.2. The van der Waals surface area contributed by atoms with Gasteiger partial charge in [-0.05, 0) is 22.9 Å². The van der Waals surface area contributed by atoms with E-state index in [9.17, 15) is 24.5 Å². The number of likely N-dealkylation sites (N-methyl/N-ethyl adjacent to an activating group) is 1. The summed E-state index contributed by atoms with van der Waals surface area (Å²) in [6.07, 6.45) is 0.826. The third kappa shape index (κ3) is 3.65. The second-order valence-electron chi connectivity index (χ2n) is 3.94. The van der Waals surface area contributed by atoms with Crippen molar-refractivity contribution in [1.82, 2.24) is 4.90 Å². The van der Waals surface area contributed by atoms with Gasteiger partial charge in [0.2, 0.25) is 11.5 Å². The molecule has 0 N–H and O–H groups in total. The van der Waals surface area contributed by atoms with Crippen molar-refractivity contribution in [3.63, 3.8) is 0 Å². The number of carbonyl (C=O) groups excluding carboxylic acids is 3. The molecule has 1 heterocycles. The third-order valence-corrected chi connectivity index (χ3v) is 3.26. The van der Waals surface area contributed by atoms with E-state index < -0.39 is 28.8 Å². The van der Waals surface area contributed by atoms with Crippen LogP contribution in [0.1, 0.15) is 13.3 Å². The highest BCUT2D eigenvalue weighted by atomic mass is 79.9. The van der Waals surface area contributed by atoms with Crippen LogP contribution in [0.3, 0.4) is 0 Å². The molecule has 0 aromatic rings. The smallest absolute Gasteiger partial charge is 0.374 e. The number of allylic oxidation sites excluding steroid dienone is 2. The van der Waals surface area contributed by atoms with Crippen LogP contribution < -0.4 is 0 Å². The minimum absolute atomic E-state index is 0.0188. The molecule has 0 aliphatic carbocycles. The number of nitro groups is 1. The topological polar surface area (TPSA) is 107 Å². The van der Waals surface area contributed by atoms with Crippen LogP contribution in [0.5, 0.6) is 0 Å². The Balaban J connectivity index is 3.27. The lowest BCUT2D eigenvalue weighted by atomic mass is 10.0. The van der Waals surface area contributed by atoms with E-state index in [0.29, 0.717) is 0 Å². The number of hydrogen-bond acceptors (Lipinski definition) is 7. The van der Waals surface area contributed by atoms with Gasteiger partial charge in [0.25, 0.3) is 0 Å². The van der Waals surface area contributed by atoms with Crippen molar-refractivity contribution in [2.75, 3.05) is 13.7 Å². The molecule has 1 rings (SSSR count). The van der Waals surface area contributed by atoms with Crippen molar-refractivity contribution in [1.29, 1.82) is 0 Å². The first-order valence-electron chi connectivity index (χ1n) is 5.76. The van der Waals surface area contributed by atoms with Crippen LogP contribution in [-0.2, 0) is 19.1 Å². The number of rotatable bonds is 5. The van der Waals surface area contributed by atoms with Crippen molar-refractivity contribution in [2.24, 2.45) is 0 Å². The molecular formula is C12H11BrN2O6. The number of ether oxygens (including phenoxy) is 1. The molecule has 0 unspecified atom stereocenters. The lowest BCUT2D eigenvalue weighted by Crippen LogP contribution is -2.25. The second kappa shape index (κ2) is 6.96. The van der Waals surface area contributed by atoms with E-state index in [4.69, 9.17) is 0 Å². The molecule has 0 amide bonds. The van der Waals surface area contributed by atoms with Gasteiger partial charge in [-0.3, -0.25) is 14.9 Å². The Kier molecular flexibility index (Phi) is 5.57. The van der Waals surface area contributed by atoms with Crippen LogP contribution in [0.15, 0.2) is 27.6 Å². The van der Waals surface area contributed by atoms with E-state index in [1.54, 1.807) is 0 Å². The van der Waals surface area contributed by atoms with E-state index in [-0.39, 0.29) is 22.4 Å². The first-order valence-corrected chi connectivity index (χ1v) is 6.56. The van der Waals surface area contributed by atoms with Gasteiger partial charge in [0.05, 0.1) is 23.5 Å². The zero-order valence-corrected chi connectivity index (χ0v) is 12.8. The van der Waals surface area contributed by atoms with Crippen molar-refractivity contribution in [3.8, 4) is 0 Å². The van der Waals surface area contributed by atoms with Crippen molar-refractivity contribution in [2.45, 2.75) is 13.3 Å². The molecule has 1 aliphatic heterocycles. The van der Waals surface area contributed by atoms with Gasteiger partial charge in [0, 0.05) is 17.7 Å². The monoisotopic (exact) mass is 358 g/mol. The number of ketones is 1. The largest absolute Gasteiger partial charge is 0.460 e. The Bertz CT molecular complexity index is 615. The molecule has 112 valence electrons. The van der Waals surface area contributed by atoms with Gasteiger partial charge in [-0.1, -0.05) is 0 Å². The van der Waals surface area contributed by atoms with Crippen molar-refractivity contribution >= 4 is 33.6 Å². The van der Waals surface area contributed by atoms with Gasteiger partial charge >= 0.3 is 11.7 Å². The third-order valence-electron chi connectivity index (χ3n) is 2.58. The van der Waals surface area contributed by atoms with Crippen LogP contribution in [0.4, 0.5) is 0 Å². The molecule has 0 fully saturated rings. The minimum Gasteiger partial charge on any atom is -0.460 e. The predicted octanol–water partition coefficient (Wildman–Crippen LogP) is 0.937. The van der Waals surface area contributed by atoms with Gasteiger partial charge in [0.15, 0.2) is 5.94 Å². The predicted molar refractivity (Wildman–Crippen MR) is 74.3 cm³/mol. The Hall–Kier alpha value is -2.25. The quantitative estimate of drug-likeness (QED) is 0.236. The number of Topliss-reactive ketones (excluding diaryl/α,β-unsaturated/α-hetero) is 1. The van der Waals surface area contributed by atoms with Crippen LogP contribution >= 0.6 is 15.9 Å². The highest BCUT2D eigenvalue weighted by Gasteiger charge is 2.34. The summed E-state index contributed by atoms with van der Waals surface area (Å²) in [5.74, 6) is -0.555. The fourth-order valence-electron chi connectivity index (χ4n) is 1.67. The molecule has 8 nitrogen and oxygen atoms in total. The Morgan fingerprint density at radius 1 is 1.52 bits per heavy atom. The minimum atomic E-state index is -1.08. The summed E-state index contributed by atoms with van der Waals surface area (Å²) < 4.78 is 4.77. The van der Waals surface area contributed by atoms with E-state index in [2.05, 4.69) is 20.7 Å². The highest BCUT2D eigenvalue weighted by Crippen LogP contribution is 2.33. The van der Waals surface area contributed by atoms with Crippen LogP contribution in [0, 0.1) is 10.1 Å². The van der Waals surface area contributed by atoms with Gasteiger partial charge in [0.1, 0.15) is 0 Å². The normalized spacial score (nSPS) is 14.5. The highest BCUT2D eigenvalue weighted by molar-refractivity contribution is 9.12. The van der Waals surface area contributed by atoms with Gasteiger partial charge in [-0.2, -0.15) is 0 Å². The molecule has 0 bridgehead atoms. The van der Waals surface area contributed by atoms with E-state index in [1.165, 1.54) is 31.0 Å². The Morgan fingerprint density at radius 2 is 2.14 bits per heavy atom. The lowest BCUT2D eigenvalue weighted by Gasteiger charge is -2.21. The summed E-state index contributed by atoms with van der Waals surface area (Å²) in [6.45, 7) is 1.55. The lowest BCUT2D eigenvalue weighted by molar-refractivity contribution is -0.423. The standard InChI is InChI=1S/C12H11BrN2O6/c1-3-21-12(18)10(17)4-7-8(13)5-14(2)9(6-16)11(7)15(19)20/h5H,3-4H2,1-2H3. The summed E-state index contributed by atoms with van der Waals surface area (Å²) >= 11 is 3.09. The molecule has 0 aromatic carbocycles. The maximum absolute atomic E-state index is 11.7. The fourth-order valence-corrected chi connectivity index (χ4v) is 2.30. The number of halogens is 1. The summed E-state index contributed by atoms with van der Waals surface area (Å²) in [7, 11) is 1.43. The SMILES string of the molecule is CCOC(=O)C(=O)CC1=C([N+](=O)[O-])C(=C=O)N(C)C=C1Br. The van der Waals surface area contributed by atoms with Crippen LogP contribution in [0.2, 0.25) is 0 Å². The molecule has 9 heteroatoms.